The number of nitrogens with zero attached hydrogens (tertiary/aromatic N) is 1. The van der Waals surface area contributed by atoms with Crippen molar-refractivity contribution in [3.05, 3.63) is 0 Å². The first-order valence-corrected chi connectivity index (χ1v) is 11.2. The van der Waals surface area contributed by atoms with E-state index in [1.807, 2.05) is 0 Å². The van der Waals surface area contributed by atoms with Gasteiger partial charge in [0.25, 0.3) is 0 Å². The molecule has 172 valence electrons. The van der Waals surface area contributed by atoms with Gasteiger partial charge in [0.1, 0.15) is 6.61 Å². The Hall–Kier alpha value is -2.10. The van der Waals surface area contributed by atoms with Crippen molar-refractivity contribution < 1.29 is 28.7 Å². The van der Waals surface area contributed by atoms with Crippen LogP contribution in [0.15, 0.2) is 0 Å². The highest BCUT2D eigenvalue weighted by molar-refractivity contribution is 7.99. The Morgan fingerprint density at radius 2 is 1.60 bits per heavy atom. The van der Waals surface area contributed by atoms with Crippen LogP contribution in [-0.2, 0) is 28.7 Å². The van der Waals surface area contributed by atoms with Gasteiger partial charge in [-0.05, 0) is 6.92 Å². The predicted octanol–water partition coefficient (Wildman–Crippen LogP) is 0.613. The quantitative estimate of drug-likeness (QED) is 0.297. The van der Waals surface area contributed by atoms with Crippen molar-refractivity contribution in [2.45, 2.75) is 47.1 Å². The van der Waals surface area contributed by atoms with E-state index in [4.69, 9.17) is 4.74 Å². The molecule has 0 aromatic rings. The van der Waals surface area contributed by atoms with Gasteiger partial charge in [0.05, 0.1) is 24.3 Å². The maximum Gasteiger partial charge on any atom is 0.308 e. The molecule has 0 bridgehead atoms. The van der Waals surface area contributed by atoms with Gasteiger partial charge in [-0.25, -0.2) is 0 Å². The second-order valence-electron chi connectivity index (χ2n) is 7.57. The first kappa shape index (κ1) is 27.9. The van der Waals surface area contributed by atoms with E-state index in [0.717, 1.165) is 0 Å². The zero-order chi connectivity index (χ0) is 23.3. The Kier molecular flexibility index (Phi) is 13.8. The Labute approximate surface area is 183 Å². The molecule has 0 unspecified atom stereocenters. The standard InChI is InChI=1S/C20H35N3O6S/c1-13(2)19(27)15(5)22-16(24)11-23(6)18(26)7-8-21-17(25)12-30-10-9-29-20(28)14(3)4/h13-15H,7-12H2,1-6H3,(H,21,25)(H,22,24)/t15-/m0/s1. The van der Waals surface area contributed by atoms with Gasteiger partial charge < -0.3 is 20.3 Å². The molecule has 0 fully saturated rings. The molecule has 3 amide bonds. The second kappa shape index (κ2) is 14.8. The van der Waals surface area contributed by atoms with Crippen LogP contribution in [0.1, 0.15) is 41.0 Å². The van der Waals surface area contributed by atoms with Gasteiger partial charge in [0, 0.05) is 31.7 Å². The van der Waals surface area contributed by atoms with Crippen LogP contribution in [0.3, 0.4) is 0 Å². The first-order chi connectivity index (χ1) is 14.0. The number of Topliss-reactive ketones (excluding diaryl/α,β-unsaturated/α-hetero) is 1. The number of rotatable bonds is 14. The molecule has 9 nitrogen and oxygen atoms in total. The summed E-state index contributed by atoms with van der Waals surface area (Å²) in [6, 6.07) is -0.605. The molecule has 0 aromatic heterocycles. The highest BCUT2D eigenvalue weighted by Gasteiger charge is 2.20. The Bertz CT molecular complexity index is 609. The van der Waals surface area contributed by atoms with Gasteiger partial charge in [-0.2, -0.15) is 0 Å². The first-order valence-electron chi connectivity index (χ1n) is 10.0. The summed E-state index contributed by atoms with van der Waals surface area (Å²) in [7, 11) is 1.49. The molecule has 0 saturated heterocycles. The third-order valence-corrected chi connectivity index (χ3v) is 4.94. The lowest BCUT2D eigenvalue weighted by atomic mass is 10.0. The Morgan fingerprint density at radius 3 is 2.17 bits per heavy atom. The molecule has 0 rings (SSSR count). The number of likely N-dealkylation sites (N-methyl/N-ethyl adjacent to an activating group) is 1. The molecule has 0 aromatic carbocycles. The molecule has 0 saturated carbocycles. The molecular formula is C20H35N3O6S. The van der Waals surface area contributed by atoms with E-state index in [0.29, 0.717) is 5.75 Å². The van der Waals surface area contributed by atoms with Crippen LogP contribution in [0.25, 0.3) is 0 Å². The molecule has 1 atom stereocenters. The zero-order valence-corrected chi connectivity index (χ0v) is 19.6. The molecule has 0 heterocycles. The highest BCUT2D eigenvalue weighted by Crippen LogP contribution is 2.02. The molecule has 30 heavy (non-hydrogen) atoms. The number of thioether (sulfide) groups is 1. The smallest absolute Gasteiger partial charge is 0.308 e. The second-order valence-corrected chi connectivity index (χ2v) is 8.68. The lowest BCUT2D eigenvalue weighted by Crippen LogP contribution is -2.46. The summed E-state index contributed by atoms with van der Waals surface area (Å²) in [5, 5.41) is 5.22. The average molecular weight is 446 g/mol. The van der Waals surface area contributed by atoms with E-state index in [2.05, 4.69) is 10.6 Å². The monoisotopic (exact) mass is 445 g/mol. The van der Waals surface area contributed by atoms with Crippen LogP contribution < -0.4 is 10.6 Å². The molecule has 10 heteroatoms. The highest BCUT2D eigenvalue weighted by atomic mass is 32.2. The molecule has 0 aliphatic rings. The van der Waals surface area contributed by atoms with E-state index in [1.54, 1.807) is 34.6 Å². The Balaban J connectivity index is 3.98. The lowest BCUT2D eigenvalue weighted by molar-refractivity contribution is -0.146. The summed E-state index contributed by atoms with van der Waals surface area (Å²) in [6.45, 7) is 8.89. The number of hydrogen-bond acceptors (Lipinski definition) is 7. The SMILES string of the molecule is CC(C)C(=O)OCCSCC(=O)NCCC(=O)N(C)CC(=O)N[C@@H](C)C(=O)C(C)C. The minimum absolute atomic E-state index is 0.0622. The number of ketones is 1. The number of carbonyl (C=O) groups is 5. The van der Waals surface area contributed by atoms with Crippen LogP contribution in [0.4, 0.5) is 0 Å². The average Bonchev–Trinajstić information content (AvgIpc) is 2.66. The number of ether oxygens (including phenoxy) is 1. The molecule has 0 radical (unpaired) electrons. The maximum absolute atomic E-state index is 12.1. The van der Waals surface area contributed by atoms with Crippen LogP contribution in [0, 0.1) is 11.8 Å². The number of carbonyl (C=O) groups excluding carboxylic acids is 5. The van der Waals surface area contributed by atoms with Gasteiger partial charge >= 0.3 is 5.97 Å². The van der Waals surface area contributed by atoms with Crippen LogP contribution in [-0.4, -0.2) is 78.7 Å². The van der Waals surface area contributed by atoms with E-state index in [9.17, 15) is 24.0 Å². The van der Waals surface area contributed by atoms with Crippen molar-refractivity contribution >= 4 is 41.2 Å². The molecule has 2 N–H and O–H groups in total. The normalized spacial score (nSPS) is 11.7. The van der Waals surface area contributed by atoms with Gasteiger partial charge in [0.15, 0.2) is 5.78 Å². The molecule has 0 aliphatic heterocycles. The van der Waals surface area contributed by atoms with Gasteiger partial charge in [-0.15, -0.1) is 11.8 Å². The van der Waals surface area contributed by atoms with Crippen LogP contribution in [0.5, 0.6) is 0 Å². The zero-order valence-electron chi connectivity index (χ0n) is 18.8. The summed E-state index contributed by atoms with van der Waals surface area (Å²) in [5.74, 6) is -0.902. The van der Waals surface area contributed by atoms with Crippen molar-refractivity contribution in [3.8, 4) is 0 Å². The Morgan fingerprint density at radius 1 is 0.967 bits per heavy atom. The minimum Gasteiger partial charge on any atom is -0.465 e. The van der Waals surface area contributed by atoms with Crippen molar-refractivity contribution in [2.75, 3.05) is 38.2 Å². The van der Waals surface area contributed by atoms with Gasteiger partial charge in [0.2, 0.25) is 17.7 Å². The van der Waals surface area contributed by atoms with E-state index >= 15 is 0 Å². The molecular weight excluding hydrogens is 410 g/mol. The third-order valence-electron chi connectivity index (χ3n) is 4.02. The number of esters is 1. The van der Waals surface area contributed by atoms with Crippen LogP contribution in [0.2, 0.25) is 0 Å². The molecule has 0 spiro atoms. The van der Waals surface area contributed by atoms with E-state index < -0.39 is 11.9 Å². The summed E-state index contributed by atoms with van der Waals surface area (Å²) in [6.07, 6.45) is 0.0622. The number of amides is 3. The van der Waals surface area contributed by atoms with Crippen molar-refractivity contribution in [1.82, 2.24) is 15.5 Å². The minimum atomic E-state index is -0.605. The fourth-order valence-electron chi connectivity index (χ4n) is 2.25. The fraction of sp³-hybridized carbons (Fsp3) is 0.750. The third kappa shape index (κ3) is 12.5. The topological polar surface area (TPSA) is 122 Å². The van der Waals surface area contributed by atoms with Gasteiger partial charge in [-0.3, -0.25) is 24.0 Å². The fourth-order valence-corrected chi connectivity index (χ4v) is 2.88. The summed E-state index contributed by atoms with van der Waals surface area (Å²) in [5.41, 5.74) is 0. The maximum atomic E-state index is 12.1. The van der Waals surface area contributed by atoms with E-state index in [1.165, 1.54) is 23.7 Å². The van der Waals surface area contributed by atoms with Gasteiger partial charge in [-0.1, -0.05) is 27.7 Å². The van der Waals surface area contributed by atoms with Crippen molar-refractivity contribution in [1.29, 1.82) is 0 Å². The molecule has 0 aliphatic carbocycles. The largest absolute Gasteiger partial charge is 0.465 e. The summed E-state index contributed by atoms with van der Waals surface area (Å²) in [4.78, 5) is 60.2. The summed E-state index contributed by atoms with van der Waals surface area (Å²) >= 11 is 1.33. The van der Waals surface area contributed by atoms with Crippen molar-refractivity contribution in [2.24, 2.45) is 11.8 Å². The number of hydrogen-bond donors (Lipinski definition) is 2. The predicted molar refractivity (Wildman–Crippen MR) is 116 cm³/mol. The van der Waals surface area contributed by atoms with Crippen LogP contribution >= 0.6 is 11.8 Å². The number of nitrogens with one attached hydrogen (secondary N) is 2. The van der Waals surface area contributed by atoms with E-state index in [-0.39, 0.29) is 67.3 Å². The summed E-state index contributed by atoms with van der Waals surface area (Å²) < 4.78 is 5.01. The lowest BCUT2D eigenvalue weighted by Gasteiger charge is -2.19. The van der Waals surface area contributed by atoms with Crippen molar-refractivity contribution in [3.63, 3.8) is 0 Å².